The van der Waals surface area contributed by atoms with Crippen LogP contribution in [0.1, 0.15) is 12.6 Å². The molecule has 2 unspecified atom stereocenters. The van der Waals surface area contributed by atoms with E-state index in [9.17, 15) is 0 Å². The average Bonchev–Trinajstić information content (AvgIpc) is 2.63. The molecule has 1 fully saturated rings. The van der Waals surface area contributed by atoms with Crippen molar-refractivity contribution < 1.29 is 9.30 Å². The van der Waals surface area contributed by atoms with Crippen molar-refractivity contribution >= 4 is 11.8 Å². The van der Waals surface area contributed by atoms with Crippen LogP contribution in [-0.2, 0) is 11.8 Å². The van der Waals surface area contributed by atoms with Crippen LogP contribution in [0.25, 0.3) is 0 Å². The van der Waals surface area contributed by atoms with Gasteiger partial charge in [-0.3, -0.25) is 0 Å². The minimum absolute atomic E-state index is 0.311. The van der Waals surface area contributed by atoms with Crippen molar-refractivity contribution in [3.8, 4) is 0 Å². The molecule has 0 saturated carbocycles. The van der Waals surface area contributed by atoms with E-state index in [2.05, 4.69) is 28.6 Å². The largest absolute Gasteiger partial charge is 0.338 e. The number of hydrogen-bond donors (Lipinski definition) is 0. The first-order chi connectivity index (χ1) is 5.86. The first-order valence-corrected chi connectivity index (χ1v) is 5.09. The summed E-state index contributed by atoms with van der Waals surface area (Å²) >= 11 is 1.94. The van der Waals surface area contributed by atoms with E-state index in [-0.39, 0.29) is 0 Å². The molecule has 0 aliphatic carbocycles. The molecule has 2 aliphatic heterocycles. The zero-order valence-corrected chi connectivity index (χ0v) is 7.75. The van der Waals surface area contributed by atoms with Gasteiger partial charge in [0.25, 0.3) is 0 Å². The van der Waals surface area contributed by atoms with Crippen LogP contribution in [-0.4, -0.2) is 16.4 Å². The number of ether oxygens (including phenoxy) is 1. The van der Waals surface area contributed by atoms with Gasteiger partial charge in [-0.15, -0.1) is 0 Å². The molecule has 3 rings (SSSR count). The highest BCUT2D eigenvalue weighted by Gasteiger charge is 2.44. The SMILES string of the molecule is C[n+]1ccn2c1SC1CCOC12. The fraction of sp³-hybridized carbons (Fsp3) is 0.625. The van der Waals surface area contributed by atoms with Crippen molar-refractivity contribution in [3.05, 3.63) is 12.4 Å². The van der Waals surface area contributed by atoms with Crippen molar-refractivity contribution in [3.63, 3.8) is 0 Å². The molecule has 12 heavy (non-hydrogen) atoms. The van der Waals surface area contributed by atoms with Gasteiger partial charge in [0.15, 0.2) is 0 Å². The summed E-state index contributed by atoms with van der Waals surface area (Å²) in [4.78, 5) is 0. The van der Waals surface area contributed by atoms with Crippen LogP contribution in [0.2, 0.25) is 0 Å². The summed E-state index contributed by atoms with van der Waals surface area (Å²) in [6.45, 7) is 0.920. The van der Waals surface area contributed by atoms with Gasteiger partial charge in [-0.2, -0.15) is 4.57 Å². The van der Waals surface area contributed by atoms with Crippen LogP contribution in [0.5, 0.6) is 0 Å². The normalized spacial score (nSPS) is 32.1. The predicted molar refractivity (Wildman–Crippen MR) is 44.9 cm³/mol. The van der Waals surface area contributed by atoms with Crippen LogP contribution in [0, 0.1) is 0 Å². The maximum absolute atomic E-state index is 5.65. The summed E-state index contributed by atoms with van der Waals surface area (Å²) in [5, 5.41) is 1.98. The summed E-state index contributed by atoms with van der Waals surface area (Å²) in [5.41, 5.74) is 0. The molecule has 1 aromatic heterocycles. The van der Waals surface area contributed by atoms with Gasteiger partial charge in [0.05, 0.1) is 18.9 Å². The van der Waals surface area contributed by atoms with Crippen LogP contribution in [0.4, 0.5) is 0 Å². The molecule has 0 radical (unpaired) electrons. The van der Waals surface area contributed by atoms with E-state index in [4.69, 9.17) is 4.74 Å². The van der Waals surface area contributed by atoms with Gasteiger partial charge in [-0.1, -0.05) is 0 Å². The zero-order valence-electron chi connectivity index (χ0n) is 6.93. The topological polar surface area (TPSA) is 18.0 Å². The van der Waals surface area contributed by atoms with Gasteiger partial charge in [0.2, 0.25) is 6.23 Å². The van der Waals surface area contributed by atoms with Crippen LogP contribution < -0.4 is 4.57 Å². The molecule has 64 valence electrons. The highest BCUT2D eigenvalue weighted by atomic mass is 32.2. The van der Waals surface area contributed by atoms with E-state index >= 15 is 0 Å². The minimum atomic E-state index is 0.311. The van der Waals surface area contributed by atoms with Gasteiger partial charge in [0.1, 0.15) is 12.4 Å². The summed E-state index contributed by atoms with van der Waals surface area (Å²) < 4.78 is 10.0. The number of nitrogens with zero attached hydrogens (tertiary/aromatic N) is 2. The molecule has 0 amide bonds. The fourth-order valence-corrected chi connectivity index (χ4v) is 3.21. The third-order valence-corrected chi connectivity index (χ3v) is 3.99. The summed E-state index contributed by atoms with van der Waals surface area (Å²) in [5.74, 6) is 0. The first kappa shape index (κ1) is 6.97. The van der Waals surface area contributed by atoms with E-state index in [1.54, 1.807) is 0 Å². The molecular weight excluding hydrogens is 172 g/mol. The van der Waals surface area contributed by atoms with Gasteiger partial charge < -0.3 is 4.74 Å². The monoisotopic (exact) mass is 183 g/mol. The fourth-order valence-electron chi connectivity index (χ4n) is 1.89. The van der Waals surface area contributed by atoms with E-state index < -0.39 is 0 Å². The molecule has 1 aromatic rings. The van der Waals surface area contributed by atoms with E-state index in [0.29, 0.717) is 11.5 Å². The maximum atomic E-state index is 5.65. The zero-order chi connectivity index (χ0) is 8.13. The smallest absolute Gasteiger partial charge is 0.320 e. The number of fused-ring (bicyclic) bond motifs is 3. The van der Waals surface area contributed by atoms with E-state index in [1.807, 2.05) is 11.8 Å². The number of aryl methyl sites for hydroxylation is 1. The number of imidazole rings is 1. The highest BCUT2D eigenvalue weighted by molar-refractivity contribution is 7.99. The predicted octanol–water partition coefficient (Wildman–Crippen LogP) is 0.706. The second-order valence-corrected chi connectivity index (χ2v) is 4.51. The van der Waals surface area contributed by atoms with Crippen molar-refractivity contribution in [2.75, 3.05) is 6.61 Å². The standard InChI is InChI=1S/C8H11N2OS/c1-9-3-4-10-7-6(2-5-11-7)12-8(9)10/h3-4,6-7H,2,5H2,1H3/q+1. The lowest BCUT2D eigenvalue weighted by Gasteiger charge is -2.02. The Hall–Kier alpha value is -0.480. The Kier molecular flexibility index (Phi) is 1.32. The Bertz CT molecular complexity index is 323. The molecule has 3 nitrogen and oxygen atoms in total. The molecule has 0 spiro atoms. The Labute approximate surface area is 75.3 Å². The van der Waals surface area contributed by atoms with Gasteiger partial charge in [-0.05, 0) is 18.2 Å². The molecule has 0 N–H and O–H groups in total. The molecule has 0 aromatic carbocycles. The second kappa shape index (κ2) is 2.26. The van der Waals surface area contributed by atoms with Crippen molar-refractivity contribution in [2.45, 2.75) is 23.1 Å². The molecular formula is C8H11N2OS+. The van der Waals surface area contributed by atoms with Crippen LogP contribution >= 0.6 is 11.8 Å². The van der Waals surface area contributed by atoms with E-state index in [1.165, 1.54) is 11.6 Å². The first-order valence-electron chi connectivity index (χ1n) is 4.21. The molecule has 4 heteroatoms. The molecule has 2 atom stereocenters. The summed E-state index contributed by atoms with van der Waals surface area (Å²) in [6, 6.07) is 0. The molecule has 0 bridgehead atoms. The maximum Gasteiger partial charge on any atom is 0.320 e. The number of hydrogen-bond acceptors (Lipinski definition) is 2. The average molecular weight is 183 g/mol. The lowest BCUT2D eigenvalue weighted by atomic mass is 10.3. The van der Waals surface area contributed by atoms with Gasteiger partial charge in [0, 0.05) is 0 Å². The highest BCUT2D eigenvalue weighted by Crippen LogP contribution is 2.43. The third kappa shape index (κ3) is 0.742. The Balaban J connectivity index is 2.09. The summed E-state index contributed by atoms with van der Waals surface area (Å²) in [7, 11) is 2.08. The number of aromatic nitrogens is 2. The quantitative estimate of drug-likeness (QED) is 0.551. The number of thioether (sulfide) groups is 1. The summed E-state index contributed by atoms with van der Waals surface area (Å²) in [6.07, 6.45) is 5.70. The van der Waals surface area contributed by atoms with Crippen LogP contribution in [0.3, 0.4) is 0 Å². The lowest BCUT2D eigenvalue weighted by Crippen LogP contribution is -2.27. The Morgan fingerprint density at radius 1 is 1.75 bits per heavy atom. The Morgan fingerprint density at radius 2 is 2.67 bits per heavy atom. The van der Waals surface area contributed by atoms with Gasteiger partial charge >= 0.3 is 5.16 Å². The number of rotatable bonds is 0. The van der Waals surface area contributed by atoms with Crippen LogP contribution in [0.15, 0.2) is 17.6 Å². The van der Waals surface area contributed by atoms with Gasteiger partial charge in [-0.25, -0.2) is 4.57 Å². The van der Waals surface area contributed by atoms with Crippen molar-refractivity contribution in [2.24, 2.45) is 7.05 Å². The van der Waals surface area contributed by atoms with E-state index in [0.717, 1.165) is 6.61 Å². The Morgan fingerprint density at radius 3 is 3.58 bits per heavy atom. The van der Waals surface area contributed by atoms with Crippen molar-refractivity contribution in [1.29, 1.82) is 0 Å². The van der Waals surface area contributed by atoms with Crippen molar-refractivity contribution in [1.82, 2.24) is 4.57 Å². The molecule has 2 aliphatic rings. The lowest BCUT2D eigenvalue weighted by molar-refractivity contribution is -0.709. The minimum Gasteiger partial charge on any atom is -0.338 e. The molecule has 1 saturated heterocycles. The second-order valence-electron chi connectivity index (χ2n) is 3.31. The third-order valence-electron chi connectivity index (χ3n) is 2.51. The molecule has 3 heterocycles.